The average Bonchev–Trinajstić information content (AvgIpc) is 2.97. The molecule has 0 heterocycles. The molecule has 0 spiro atoms. The molecule has 2 aliphatic rings. The number of hydrogen-bond donors (Lipinski definition) is 0. The number of fused-ring (bicyclic) bond motifs is 1. The Labute approximate surface area is 256 Å². The van der Waals surface area contributed by atoms with E-state index in [-0.39, 0.29) is 29.0 Å². The van der Waals surface area contributed by atoms with Crippen LogP contribution in [0.4, 0.5) is 39.5 Å². The van der Waals surface area contributed by atoms with Gasteiger partial charge >= 0.3 is 6.36 Å². The van der Waals surface area contributed by atoms with Crippen molar-refractivity contribution in [2.75, 3.05) is 0 Å². The third kappa shape index (κ3) is 7.63. The van der Waals surface area contributed by atoms with Crippen LogP contribution in [0.1, 0.15) is 104 Å². The van der Waals surface area contributed by atoms with Crippen molar-refractivity contribution < 1.29 is 44.3 Å². The molecule has 3 aromatic carbocycles. The summed E-state index contributed by atoms with van der Waals surface area (Å²) >= 11 is 0. The second-order valence-electron chi connectivity index (χ2n) is 12.4. The Morgan fingerprint density at radius 2 is 1.36 bits per heavy atom. The lowest BCUT2D eigenvalue weighted by atomic mass is 9.74. The lowest BCUT2D eigenvalue weighted by Gasteiger charge is -2.32. The molecule has 3 aromatic rings. The summed E-state index contributed by atoms with van der Waals surface area (Å²) in [5.74, 6) is -7.66. The molecule has 244 valence electrons. The fourth-order valence-electron chi connectivity index (χ4n) is 7.07. The minimum absolute atomic E-state index is 0.00996. The standard InChI is InChI=1S/C35H35F9O/c1-2-3-4-20-14-27(36)26(28(37)15-20)12-6-19-5-11-25-24(13-19)18-29(38)32(33(25)41)22-9-7-21(8-10-22)23-16-30(39)34(31(40)17-23)45-35(42,43)44/h14-19,21-22H,2-13H2,1H3. The highest BCUT2D eigenvalue weighted by Crippen LogP contribution is 2.45. The average molecular weight is 643 g/mol. The molecule has 5 rings (SSSR count). The highest BCUT2D eigenvalue weighted by atomic mass is 19.4. The van der Waals surface area contributed by atoms with E-state index in [4.69, 9.17) is 0 Å². The van der Waals surface area contributed by atoms with Gasteiger partial charge in [0, 0.05) is 11.1 Å². The van der Waals surface area contributed by atoms with E-state index in [9.17, 15) is 30.7 Å². The van der Waals surface area contributed by atoms with Crippen molar-refractivity contribution in [1.82, 2.24) is 0 Å². The summed E-state index contributed by atoms with van der Waals surface area (Å²) in [4.78, 5) is 0. The van der Waals surface area contributed by atoms with Gasteiger partial charge < -0.3 is 4.74 Å². The van der Waals surface area contributed by atoms with Crippen molar-refractivity contribution in [1.29, 1.82) is 0 Å². The molecule has 0 aliphatic heterocycles. The maximum absolute atomic E-state index is 15.8. The molecule has 0 N–H and O–H groups in total. The molecule has 1 nitrogen and oxygen atoms in total. The van der Waals surface area contributed by atoms with Gasteiger partial charge in [-0.05, 0) is 141 Å². The molecule has 1 fully saturated rings. The molecule has 0 radical (unpaired) electrons. The lowest BCUT2D eigenvalue weighted by Crippen LogP contribution is -2.21. The van der Waals surface area contributed by atoms with Gasteiger partial charge in [0.05, 0.1) is 0 Å². The van der Waals surface area contributed by atoms with Crippen LogP contribution in [0.3, 0.4) is 0 Å². The highest BCUT2D eigenvalue weighted by Gasteiger charge is 2.36. The fraction of sp³-hybridized carbons (Fsp3) is 0.486. The molecule has 45 heavy (non-hydrogen) atoms. The smallest absolute Gasteiger partial charge is 0.399 e. The molecular weight excluding hydrogens is 607 g/mol. The Morgan fingerprint density at radius 3 is 1.96 bits per heavy atom. The van der Waals surface area contributed by atoms with Crippen LogP contribution in [0.2, 0.25) is 0 Å². The molecule has 0 saturated heterocycles. The molecule has 0 bridgehead atoms. The van der Waals surface area contributed by atoms with Gasteiger partial charge in [-0.2, -0.15) is 0 Å². The van der Waals surface area contributed by atoms with Crippen LogP contribution in [0, 0.1) is 40.8 Å². The van der Waals surface area contributed by atoms with E-state index < -0.39 is 58.9 Å². The summed E-state index contributed by atoms with van der Waals surface area (Å²) in [5, 5.41) is 0. The van der Waals surface area contributed by atoms with E-state index in [0.717, 1.165) is 25.0 Å². The number of benzene rings is 3. The Kier molecular flexibility index (Phi) is 10.1. The van der Waals surface area contributed by atoms with Gasteiger partial charge in [0.25, 0.3) is 0 Å². The largest absolute Gasteiger partial charge is 0.573 e. The zero-order valence-corrected chi connectivity index (χ0v) is 24.9. The Balaban J connectivity index is 1.22. The fourth-order valence-corrected chi connectivity index (χ4v) is 7.07. The van der Waals surface area contributed by atoms with Crippen molar-refractivity contribution in [2.24, 2.45) is 5.92 Å². The molecule has 0 aromatic heterocycles. The topological polar surface area (TPSA) is 9.23 Å². The summed E-state index contributed by atoms with van der Waals surface area (Å²) in [6.45, 7) is 2.01. The quantitative estimate of drug-likeness (QED) is 0.211. The predicted molar refractivity (Wildman–Crippen MR) is 152 cm³/mol. The Bertz CT molecular complexity index is 1480. The van der Waals surface area contributed by atoms with E-state index in [0.29, 0.717) is 74.5 Å². The molecule has 1 atom stereocenters. The summed E-state index contributed by atoms with van der Waals surface area (Å²) in [7, 11) is 0. The number of rotatable bonds is 9. The van der Waals surface area contributed by atoms with Gasteiger partial charge in [-0.25, -0.2) is 26.3 Å². The number of aryl methyl sites for hydroxylation is 1. The maximum atomic E-state index is 15.8. The van der Waals surface area contributed by atoms with Gasteiger partial charge in [-0.3, -0.25) is 0 Å². The minimum atomic E-state index is -5.25. The summed E-state index contributed by atoms with van der Waals surface area (Å²) in [6.07, 6.45) is 0.549. The van der Waals surface area contributed by atoms with Crippen LogP contribution in [-0.2, 0) is 25.7 Å². The first kappa shape index (κ1) is 33.2. The number of halogens is 9. The van der Waals surface area contributed by atoms with Crippen molar-refractivity contribution in [3.63, 3.8) is 0 Å². The van der Waals surface area contributed by atoms with E-state index >= 15 is 8.78 Å². The summed E-state index contributed by atoms with van der Waals surface area (Å²) < 4.78 is 130. The van der Waals surface area contributed by atoms with Gasteiger partial charge in [-0.15, -0.1) is 13.2 Å². The first-order valence-electron chi connectivity index (χ1n) is 15.6. The van der Waals surface area contributed by atoms with Crippen LogP contribution < -0.4 is 4.74 Å². The molecular formula is C35H35F9O. The predicted octanol–water partition coefficient (Wildman–Crippen LogP) is 10.9. The third-order valence-corrected chi connectivity index (χ3v) is 9.43. The Hall–Kier alpha value is -3.17. The second kappa shape index (κ2) is 13.7. The SMILES string of the molecule is CCCCc1cc(F)c(CCC2CCc3c(cc(F)c(C4CCC(c5cc(F)c(OC(F)(F)F)c(F)c5)CC4)c3F)C2)c(F)c1. The van der Waals surface area contributed by atoms with E-state index in [1.54, 1.807) is 0 Å². The monoisotopic (exact) mass is 642 g/mol. The van der Waals surface area contributed by atoms with Gasteiger partial charge in [-0.1, -0.05) is 13.3 Å². The first-order valence-corrected chi connectivity index (χ1v) is 15.6. The summed E-state index contributed by atoms with van der Waals surface area (Å²) in [6, 6.07) is 5.78. The van der Waals surface area contributed by atoms with Crippen LogP contribution in [0.25, 0.3) is 0 Å². The van der Waals surface area contributed by atoms with E-state index in [1.807, 2.05) is 6.92 Å². The van der Waals surface area contributed by atoms with Crippen LogP contribution in [0.5, 0.6) is 5.75 Å². The van der Waals surface area contributed by atoms with Crippen molar-refractivity contribution in [3.8, 4) is 5.75 Å². The van der Waals surface area contributed by atoms with Crippen molar-refractivity contribution in [3.05, 3.63) is 98.6 Å². The molecule has 1 unspecified atom stereocenters. The molecule has 1 saturated carbocycles. The van der Waals surface area contributed by atoms with Crippen LogP contribution in [-0.4, -0.2) is 6.36 Å². The van der Waals surface area contributed by atoms with Crippen molar-refractivity contribution >= 4 is 0 Å². The Morgan fingerprint density at radius 1 is 0.733 bits per heavy atom. The van der Waals surface area contributed by atoms with Gasteiger partial charge in [0.15, 0.2) is 11.6 Å². The zero-order valence-electron chi connectivity index (χ0n) is 24.9. The van der Waals surface area contributed by atoms with Gasteiger partial charge in [0.1, 0.15) is 23.3 Å². The zero-order chi connectivity index (χ0) is 32.5. The van der Waals surface area contributed by atoms with E-state index in [1.165, 1.54) is 18.2 Å². The molecule has 10 heteroatoms. The molecule has 2 aliphatic carbocycles. The normalized spacial score (nSPS) is 20.3. The number of ether oxygens (including phenoxy) is 1. The van der Waals surface area contributed by atoms with Crippen LogP contribution in [0.15, 0.2) is 30.3 Å². The highest BCUT2D eigenvalue weighted by molar-refractivity contribution is 5.40. The minimum Gasteiger partial charge on any atom is -0.399 e. The van der Waals surface area contributed by atoms with E-state index in [2.05, 4.69) is 4.74 Å². The number of hydrogen-bond acceptors (Lipinski definition) is 1. The first-order chi connectivity index (χ1) is 21.3. The molecule has 0 amide bonds. The van der Waals surface area contributed by atoms with Crippen molar-refractivity contribution in [2.45, 2.75) is 102 Å². The third-order valence-electron chi connectivity index (χ3n) is 9.43. The van der Waals surface area contributed by atoms with Gasteiger partial charge in [0.2, 0.25) is 5.75 Å². The van der Waals surface area contributed by atoms with Crippen LogP contribution >= 0.6 is 0 Å². The number of alkyl halides is 3. The second-order valence-corrected chi connectivity index (χ2v) is 12.4. The summed E-state index contributed by atoms with van der Waals surface area (Å²) in [5.41, 5.74) is 1.84. The maximum Gasteiger partial charge on any atom is 0.573 e. The lowest BCUT2D eigenvalue weighted by molar-refractivity contribution is -0.276. The number of unbranched alkanes of at least 4 members (excludes halogenated alkanes) is 1.